The number of hydrogen-bond donors (Lipinski definition) is 0. The van der Waals surface area contributed by atoms with Gasteiger partial charge in [-0.25, -0.2) is 0 Å². The lowest BCUT2D eigenvalue weighted by Gasteiger charge is -2.23. The van der Waals surface area contributed by atoms with E-state index in [1.54, 1.807) is 0 Å². The van der Waals surface area contributed by atoms with Crippen molar-refractivity contribution in [3.63, 3.8) is 0 Å². The molecule has 0 atom stereocenters. The van der Waals surface area contributed by atoms with Crippen LogP contribution < -0.4 is 0 Å². The summed E-state index contributed by atoms with van der Waals surface area (Å²) in [5.41, 5.74) is 9.68. The van der Waals surface area contributed by atoms with Crippen molar-refractivity contribution < 1.29 is 0 Å². The van der Waals surface area contributed by atoms with E-state index in [9.17, 15) is 0 Å². The SMILES string of the molecule is Cc1ccccc1-c1cc(C(C)C)c(-c2ccccc2I)c(C(C)C)c1. The van der Waals surface area contributed by atoms with E-state index in [1.165, 1.54) is 42.5 Å². The molecule has 3 rings (SSSR count). The second kappa shape index (κ2) is 7.96. The Morgan fingerprint density at radius 1 is 0.692 bits per heavy atom. The van der Waals surface area contributed by atoms with E-state index in [2.05, 4.69) is 118 Å². The molecule has 0 saturated heterocycles. The Morgan fingerprint density at radius 2 is 1.19 bits per heavy atom. The molecule has 0 heterocycles. The van der Waals surface area contributed by atoms with E-state index in [0.29, 0.717) is 11.8 Å². The van der Waals surface area contributed by atoms with Gasteiger partial charge in [0.25, 0.3) is 0 Å². The first-order chi connectivity index (χ1) is 12.4. The molecule has 0 saturated carbocycles. The van der Waals surface area contributed by atoms with Gasteiger partial charge in [-0.05, 0) is 86.4 Å². The van der Waals surface area contributed by atoms with E-state index >= 15 is 0 Å². The zero-order valence-electron chi connectivity index (χ0n) is 16.3. The third-order valence-electron chi connectivity index (χ3n) is 5.04. The minimum Gasteiger partial charge on any atom is -0.0620 e. The first-order valence-electron chi connectivity index (χ1n) is 9.39. The van der Waals surface area contributed by atoms with Gasteiger partial charge in [-0.1, -0.05) is 82.3 Å². The molecular weight excluding hydrogens is 427 g/mol. The van der Waals surface area contributed by atoms with Crippen molar-refractivity contribution in [1.82, 2.24) is 0 Å². The van der Waals surface area contributed by atoms with E-state index < -0.39 is 0 Å². The normalized spacial score (nSPS) is 11.4. The Hall–Kier alpha value is -1.61. The van der Waals surface area contributed by atoms with Gasteiger partial charge < -0.3 is 0 Å². The molecule has 0 N–H and O–H groups in total. The minimum absolute atomic E-state index is 0.475. The maximum absolute atomic E-state index is 2.47. The maximum Gasteiger partial charge on any atom is 0.0208 e. The number of aryl methyl sites for hydroxylation is 1. The van der Waals surface area contributed by atoms with Gasteiger partial charge in [0, 0.05) is 3.57 Å². The molecule has 0 aromatic heterocycles. The predicted octanol–water partition coefficient (Wildman–Crippen LogP) is 8.18. The van der Waals surface area contributed by atoms with Crippen molar-refractivity contribution in [3.05, 3.63) is 80.9 Å². The number of hydrogen-bond acceptors (Lipinski definition) is 0. The molecular formula is C25H27I. The van der Waals surface area contributed by atoms with Gasteiger partial charge in [-0.3, -0.25) is 0 Å². The Bertz CT molecular complexity index is 890. The quantitative estimate of drug-likeness (QED) is 0.349. The average molecular weight is 454 g/mol. The fourth-order valence-corrected chi connectivity index (χ4v) is 4.28. The fourth-order valence-electron chi connectivity index (χ4n) is 3.63. The van der Waals surface area contributed by atoms with Gasteiger partial charge in [0.15, 0.2) is 0 Å². The van der Waals surface area contributed by atoms with Crippen LogP contribution in [0, 0.1) is 10.5 Å². The second-order valence-corrected chi connectivity index (χ2v) is 8.80. The van der Waals surface area contributed by atoms with Gasteiger partial charge in [0.05, 0.1) is 0 Å². The van der Waals surface area contributed by atoms with Crippen LogP contribution >= 0.6 is 22.6 Å². The molecule has 0 aliphatic rings. The van der Waals surface area contributed by atoms with Crippen LogP contribution in [0.4, 0.5) is 0 Å². The molecule has 1 heteroatoms. The lowest BCUT2D eigenvalue weighted by atomic mass is 9.82. The van der Waals surface area contributed by atoms with Gasteiger partial charge in [0.1, 0.15) is 0 Å². The van der Waals surface area contributed by atoms with Crippen molar-refractivity contribution in [3.8, 4) is 22.3 Å². The smallest absolute Gasteiger partial charge is 0.0208 e. The predicted molar refractivity (Wildman–Crippen MR) is 123 cm³/mol. The number of benzene rings is 3. The summed E-state index contributed by atoms with van der Waals surface area (Å²) in [6.07, 6.45) is 0. The van der Waals surface area contributed by atoms with E-state index in [-0.39, 0.29) is 0 Å². The molecule has 3 aromatic rings. The molecule has 134 valence electrons. The van der Waals surface area contributed by atoms with Crippen LogP contribution in [0.5, 0.6) is 0 Å². The number of halogens is 1. The summed E-state index contributed by atoms with van der Waals surface area (Å²) >= 11 is 2.47. The molecule has 0 spiro atoms. The average Bonchev–Trinajstić information content (AvgIpc) is 2.61. The fraction of sp³-hybridized carbons (Fsp3) is 0.280. The summed E-state index contributed by atoms with van der Waals surface area (Å²) in [6, 6.07) is 22.3. The Kier molecular flexibility index (Phi) is 5.86. The Labute approximate surface area is 171 Å². The van der Waals surface area contributed by atoms with Crippen molar-refractivity contribution in [2.75, 3.05) is 0 Å². The molecule has 0 nitrogen and oxygen atoms in total. The van der Waals surface area contributed by atoms with Crippen LogP contribution in [0.2, 0.25) is 0 Å². The van der Waals surface area contributed by atoms with Gasteiger partial charge in [-0.15, -0.1) is 0 Å². The highest BCUT2D eigenvalue weighted by Crippen LogP contribution is 2.41. The summed E-state index contributed by atoms with van der Waals surface area (Å²) in [6.45, 7) is 11.4. The summed E-state index contributed by atoms with van der Waals surface area (Å²) in [5.74, 6) is 0.949. The van der Waals surface area contributed by atoms with Crippen LogP contribution in [-0.2, 0) is 0 Å². The molecule has 0 aliphatic heterocycles. The van der Waals surface area contributed by atoms with Crippen LogP contribution in [0.25, 0.3) is 22.3 Å². The lowest BCUT2D eigenvalue weighted by Crippen LogP contribution is -2.02. The summed E-state index contributed by atoms with van der Waals surface area (Å²) in [7, 11) is 0. The Morgan fingerprint density at radius 3 is 1.69 bits per heavy atom. The molecule has 0 unspecified atom stereocenters. The minimum atomic E-state index is 0.475. The van der Waals surface area contributed by atoms with Crippen molar-refractivity contribution in [2.45, 2.75) is 46.5 Å². The largest absolute Gasteiger partial charge is 0.0620 e. The molecule has 3 aromatic carbocycles. The van der Waals surface area contributed by atoms with Crippen molar-refractivity contribution in [2.24, 2.45) is 0 Å². The van der Waals surface area contributed by atoms with Crippen LogP contribution in [-0.4, -0.2) is 0 Å². The standard InChI is InChI=1S/C25H27I/c1-16(2)22-14-19(20-11-7-6-10-18(20)5)15-23(17(3)4)25(22)21-12-8-9-13-24(21)26/h6-17H,1-5H3. The molecule has 0 aliphatic carbocycles. The summed E-state index contributed by atoms with van der Waals surface area (Å²) in [5, 5.41) is 0. The van der Waals surface area contributed by atoms with E-state index in [1.807, 2.05) is 0 Å². The van der Waals surface area contributed by atoms with Gasteiger partial charge in [-0.2, -0.15) is 0 Å². The topological polar surface area (TPSA) is 0 Å². The first kappa shape index (κ1) is 19.2. The van der Waals surface area contributed by atoms with Crippen molar-refractivity contribution in [1.29, 1.82) is 0 Å². The summed E-state index contributed by atoms with van der Waals surface area (Å²) in [4.78, 5) is 0. The lowest BCUT2D eigenvalue weighted by molar-refractivity contribution is 0.838. The maximum atomic E-state index is 2.47. The highest BCUT2D eigenvalue weighted by molar-refractivity contribution is 14.1. The van der Waals surface area contributed by atoms with Crippen LogP contribution in [0.3, 0.4) is 0 Å². The molecule has 0 fully saturated rings. The zero-order valence-corrected chi connectivity index (χ0v) is 18.5. The second-order valence-electron chi connectivity index (χ2n) is 7.63. The van der Waals surface area contributed by atoms with E-state index in [4.69, 9.17) is 0 Å². The monoisotopic (exact) mass is 454 g/mol. The highest BCUT2D eigenvalue weighted by atomic mass is 127. The zero-order chi connectivity index (χ0) is 18.8. The van der Waals surface area contributed by atoms with Gasteiger partial charge >= 0.3 is 0 Å². The van der Waals surface area contributed by atoms with Crippen LogP contribution in [0.15, 0.2) is 60.7 Å². The highest BCUT2D eigenvalue weighted by Gasteiger charge is 2.19. The van der Waals surface area contributed by atoms with Crippen molar-refractivity contribution >= 4 is 22.6 Å². The van der Waals surface area contributed by atoms with Gasteiger partial charge in [0.2, 0.25) is 0 Å². The third kappa shape index (κ3) is 3.73. The molecule has 0 bridgehead atoms. The van der Waals surface area contributed by atoms with Crippen LogP contribution in [0.1, 0.15) is 56.2 Å². The first-order valence-corrected chi connectivity index (χ1v) is 10.5. The third-order valence-corrected chi connectivity index (χ3v) is 5.98. The molecule has 26 heavy (non-hydrogen) atoms. The van der Waals surface area contributed by atoms with E-state index in [0.717, 1.165) is 0 Å². The Balaban J connectivity index is 2.35. The summed E-state index contributed by atoms with van der Waals surface area (Å²) < 4.78 is 1.32. The molecule has 0 radical (unpaired) electrons. The molecule has 0 amide bonds. The number of rotatable bonds is 4.